The van der Waals surface area contributed by atoms with Gasteiger partial charge in [0.05, 0.1) is 5.69 Å². The van der Waals surface area contributed by atoms with Crippen molar-refractivity contribution in [2.75, 3.05) is 5.32 Å². The summed E-state index contributed by atoms with van der Waals surface area (Å²) in [5.41, 5.74) is 0.886. The summed E-state index contributed by atoms with van der Waals surface area (Å²) >= 11 is 0. The molecule has 0 fully saturated rings. The molecule has 0 amide bonds. The standard InChI is InChI=1S/C8H12N2O/c1-3-4-5-9-8-10-7(2)6-11-8/h4-6H,3H2,1-2H3,(H,9,10)/b5-4+. The Labute approximate surface area is 66.1 Å². The van der Waals surface area contributed by atoms with E-state index in [2.05, 4.69) is 17.2 Å². The molecule has 1 N–H and O–H groups in total. The van der Waals surface area contributed by atoms with Crippen molar-refractivity contribution in [3.8, 4) is 0 Å². The number of aryl methyl sites for hydroxylation is 1. The van der Waals surface area contributed by atoms with Crippen molar-refractivity contribution in [1.82, 2.24) is 4.98 Å². The number of allylic oxidation sites excluding steroid dienone is 1. The summed E-state index contributed by atoms with van der Waals surface area (Å²) in [5.74, 6) is 0. The van der Waals surface area contributed by atoms with E-state index in [4.69, 9.17) is 4.42 Å². The van der Waals surface area contributed by atoms with Crippen molar-refractivity contribution < 1.29 is 4.42 Å². The zero-order valence-corrected chi connectivity index (χ0v) is 6.79. The Kier molecular flexibility index (Phi) is 2.72. The van der Waals surface area contributed by atoms with Crippen LogP contribution in [-0.4, -0.2) is 4.98 Å². The number of oxazole rings is 1. The maximum absolute atomic E-state index is 5.04. The SMILES string of the molecule is CC/C=C/Nc1nc(C)co1. The molecule has 0 unspecified atom stereocenters. The van der Waals surface area contributed by atoms with Gasteiger partial charge in [-0.3, -0.25) is 0 Å². The van der Waals surface area contributed by atoms with Gasteiger partial charge in [-0.15, -0.1) is 0 Å². The van der Waals surface area contributed by atoms with Crippen molar-refractivity contribution >= 4 is 6.01 Å². The van der Waals surface area contributed by atoms with Gasteiger partial charge in [0.1, 0.15) is 6.26 Å². The molecule has 0 aliphatic carbocycles. The van der Waals surface area contributed by atoms with Crippen molar-refractivity contribution in [3.05, 3.63) is 24.2 Å². The van der Waals surface area contributed by atoms with Crippen molar-refractivity contribution in [3.63, 3.8) is 0 Å². The van der Waals surface area contributed by atoms with Crippen LogP contribution in [0.3, 0.4) is 0 Å². The molecule has 0 saturated heterocycles. The van der Waals surface area contributed by atoms with E-state index in [1.54, 1.807) is 6.26 Å². The lowest BCUT2D eigenvalue weighted by molar-refractivity contribution is 0.576. The second kappa shape index (κ2) is 3.81. The van der Waals surface area contributed by atoms with Crippen LogP contribution in [0.1, 0.15) is 19.0 Å². The normalized spacial score (nSPS) is 10.7. The zero-order chi connectivity index (χ0) is 8.10. The number of aromatic nitrogens is 1. The van der Waals surface area contributed by atoms with E-state index in [0.29, 0.717) is 6.01 Å². The highest BCUT2D eigenvalue weighted by Gasteiger charge is 1.94. The van der Waals surface area contributed by atoms with Gasteiger partial charge in [0.15, 0.2) is 0 Å². The third-order valence-electron chi connectivity index (χ3n) is 1.18. The van der Waals surface area contributed by atoms with Crippen LogP contribution in [0.4, 0.5) is 6.01 Å². The minimum absolute atomic E-state index is 0.548. The van der Waals surface area contributed by atoms with Crippen LogP contribution >= 0.6 is 0 Å². The quantitative estimate of drug-likeness (QED) is 0.722. The van der Waals surface area contributed by atoms with Crippen LogP contribution in [0.5, 0.6) is 0 Å². The van der Waals surface area contributed by atoms with Crippen LogP contribution in [0.15, 0.2) is 23.0 Å². The molecule has 0 atom stereocenters. The van der Waals surface area contributed by atoms with E-state index in [1.165, 1.54) is 0 Å². The average molecular weight is 152 g/mol. The fourth-order valence-corrected chi connectivity index (χ4v) is 0.668. The van der Waals surface area contributed by atoms with E-state index in [1.807, 2.05) is 19.2 Å². The Morgan fingerprint density at radius 3 is 3.09 bits per heavy atom. The van der Waals surface area contributed by atoms with Gasteiger partial charge in [0.2, 0.25) is 0 Å². The van der Waals surface area contributed by atoms with Crippen LogP contribution in [-0.2, 0) is 0 Å². The summed E-state index contributed by atoms with van der Waals surface area (Å²) in [6.45, 7) is 3.96. The third kappa shape index (κ3) is 2.45. The first-order valence-corrected chi connectivity index (χ1v) is 3.66. The van der Waals surface area contributed by atoms with Crippen LogP contribution in [0.2, 0.25) is 0 Å². The summed E-state index contributed by atoms with van der Waals surface area (Å²) in [6.07, 6.45) is 6.44. The van der Waals surface area contributed by atoms with Crippen LogP contribution < -0.4 is 5.32 Å². The first-order chi connectivity index (χ1) is 5.33. The van der Waals surface area contributed by atoms with Gasteiger partial charge in [0, 0.05) is 6.20 Å². The second-order valence-corrected chi connectivity index (χ2v) is 2.25. The van der Waals surface area contributed by atoms with Gasteiger partial charge in [-0.1, -0.05) is 13.0 Å². The van der Waals surface area contributed by atoms with E-state index in [-0.39, 0.29) is 0 Å². The maximum atomic E-state index is 5.04. The fraction of sp³-hybridized carbons (Fsp3) is 0.375. The molecular weight excluding hydrogens is 140 g/mol. The third-order valence-corrected chi connectivity index (χ3v) is 1.18. The molecule has 60 valence electrons. The summed E-state index contributed by atoms with van der Waals surface area (Å²) in [7, 11) is 0. The first-order valence-electron chi connectivity index (χ1n) is 3.66. The average Bonchev–Trinajstić information content (AvgIpc) is 2.37. The number of hydrogen-bond acceptors (Lipinski definition) is 3. The predicted octanol–water partition coefficient (Wildman–Crippen LogP) is 2.32. The highest BCUT2D eigenvalue weighted by molar-refractivity contribution is 5.25. The Bertz CT molecular complexity index is 240. The number of hydrogen-bond donors (Lipinski definition) is 1. The van der Waals surface area contributed by atoms with E-state index < -0.39 is 0 Å². The number of nitrogens with zero attached hydrogens (tertiary/aromatic N) is 1. The summed E-state index contributed by atoms with van der Waals surface area (Å²) < 4.78 is 5.04. The van der Waals surface area contributed by atoms with Crippen molar-refractivity contribution in [2.45, 2.75) is 20.3 Å². The maximum Gasteiger partial charge on any atom is 0.298 e. The van der Waals surface area contributed by atoms with Crippen LogP contribution in [0, 0.1) is 6.92 Å². The van der Waals surface area contributed by atoms with Gasteiger partial charge < -0.3 is 9.73 Å². The molecule has 1 rings (SSSR count). The molecule has 0 aliphatic heterocycles. The Morgan fingerprint density at radius 2 is 2.55 bits per heavy atom. The summed E-state index contributed by atoms with van der Waals surface area (Å²) in [6, 6.07) is 0.548. The molecule has 11 heavy (non-hydrogen) atoms. The molecule has 0 spiro atoms. The van der Waals surface area contributed by atoms with E-state index >= 15 is 0 Å². The summed E-state index contributed by atoms with van der Waals surface area (Å²) in [5, 5.41) is 2.91. The minimum Gasteiger partial charge on any atom is -0.432 e. The van der Waals surface area contributed by atoms with Gasteiger partial charge in [-0.2, -0.15) is 4.98 Å². The van der Waals surface area contributed by atoms with Crippen molar-refractivity contribution in [1.29, 1.82) is 0 Å². The predicted molar refractivity (Wildman–Crippen MR) is 44.3 cm³/mol. The lowest BCUT2D eigenvalue weighted by Gasteiger charge is -1.89. The topological polar surface area (TPSA) is 38.1 Å². The highest BCUT2D eigenvalue weighted by atomic mass is 16.4. The smallest absolute Gasteiger partial charge is 0.298 e. The fourth-order valence-electron chi connectivity index (χ4n) is 0.668. The molecule has 1 heterocycles. The lowest BCUT2D eigenvalue weighted by Crippen LogP contribution is -1.86. The molecule has 0 aromatic carbocycles. The number of nitrogens with one attached hydrogen (secondary N) is 1. The molecule has 0 radical (unpaired) electrons. The van der Waals surface area contributed by atoms with Crippen molar-refractivity contribution in [2.24, 2.45) is 0 Å². The second-order valence-electron chi connectivity index (χ2n) is 2.25. The zero-order valence-electron chi connectivity index (χ0n) is 6.79. The molecule has 1 aromatic heterocycles. The van der Waals surface area contributed by atoms with Gasteiger partial charge in [0.25, 0.3) is 6.01 Å². The van der Waals surface area contributed by atoms with Gasteiger partial charge >= 0.3 is 0 Å². The highest BCUT2D eigenvalue weighted by Crippen LogP contribution is 2.05. The monoisotopic (exact) mass is 152 g/mol. The number of anilines is 1. The molecule has 0 saturated carbocycles. The van der Waals surface area contributed by atoms with E-state index in [0.717, 1.165) is 12.1 Å². The largest absolute Gasteiger partial charge is 0.432 e. The molecular formula is C8H12N2O. The minimum atomic E-state index is 0.548. The molecule has 3 heteroatoms. The van der Waals surface area contributed by atoms with Crippen LogP contribution in [0.25, 0.3) is 0 Å². The molecule has 0 bridgehead atoms. The lowest BCUT2D eigenvalue weighted by atomic mass is 10.5. The Hall–Kier alpha value is -1.25. The van der Waals surface area contributed by atoms with E-state index in [9.17, 15) is 0 Å². The first kappa shape index (κ1) is 7.85. The van der Waals surface area contributed by atoms with Gasteiger partial charge in [-0.05, 0) is 13.3 Å². The Morgan fingerprint density at radius 1 is 1.73 bits per heavy atom. The molecule has 1 aromatic rings. The Balaban J connectivity index is 2.45. The number of rotatable bonds is 3. The molecule has 3 nitrogen and oxygen atoms in total. The summed E-state index contributed by atoms with van der Waals surface area (Å²) in [4.78, 5) is 4.05. The molecule has 0 aliphatic rings. The van der Waals surface area contributed by atoms with Gasteiger partial charge in [-0.25, -0.2) is 0 Å².